The topological polar surface area (TPSA) is 138 Å². The summed E-state index contributed by atoms with van der Waals surface area (Å²) in [5.74, 6) is 0.794. The first-order chi connectivity index (χ1) is 19.7. The van der Waals surface area contributed by atoms with Gasteiger partial charge in [0.15, 0.2) is 0 Å². The number of piperidine rings is 1. The third-order valence-corrected chi connectivity index (χ3v) is 9.73. The van der Waals surface area contributed by atoms with E-state index in [2.05, 4.69) is 25.5 Å². The van der Waals surface area contributed by atoms with Crippen molar-refractivity contribution in [2.45, 2.75) is 43.7 Å². The number of benzene rings is 1. The molecule has 1 aliphatic rings. The summed E-state index contributed by atoms with van der Waals surface area (Å²) in [6, 6.07) is 10.8. The van der Waals surface area contributed by atoms with E-state index in [1.165, 1.54) is 55.2 Å². The summed E-state index contributed by atoms with van der Waals surface area (Å²) in [7, 11) is -3.98. The van der Waals surface area contributed by atoms with Crippen molar-refractivity contribution in [1.29, 1.82) is 0 Å². The van der Waals surface area contributed by atoms with Crippen LogP contribution >= 0.6 is 11.3 Å². The number of rotatable bonds is 9. The van der Waals surface area contributed by atoms with Crippen LogP contribution in [0.1, 0.15) is 36.4 Å². The number of nitrogens with zero attached hydrogens (tertiary/aromatic N) is 4. The largest absolute Gasteiger partial charge is 0.385 e. The molecule has 5 rings (SSSR count). The zero-order valence-corrected chi connectivity index (χ0v) is 24.6. The Morgan fingerprint density at radius 3 is 2.51 bits per heavy atom. The Hall–Kier alpha value is -3.81. The van der Waals surface area contributed by atoms with Crippen molar-refractivity contribution in [3.8, 4) is 5.82 Å². The molecule has 0 aliphatic carbocycles. The third kappa shape index (κ3) is 6.92. The van der Waals surface area contributed by atoms with Gasteiger partial charge < -0.3 is 15.5 Å². The number of hydrogen-bond acceptors (Lipinski definition) is 9. The van der Waals surface area contributed by atoms with E-state index >= 15 is 0 Å². The Kier molecular flexibility index (Phi) is 8.66. The number of aromatic nitrogens is 3. The Morgan fingerprint density at radius 1 is 1.02 bits per heavy atom. The number of hydrogen-bond donors (Lipinski definition) is 3. The van der Waals surface area contributed by atoms with E-state index in [0.29, 0.717) is 22.5 Å². The molecular weight excluding hydrogens is 562 g/mol. The van der Waals surface area contributed by atoms with E-state index in [-0.39, 0.29) is 15.5 Å². The SMILES string of the molecule is Cc1ccc(S(=O)(=O)NC(=O)Nc2ccc(-n3c(C)nc4cc(NCCCN5CCCCC5)ccc4c3=O)nc2)s1. The molecule has 3 N–H and O–H groups in total. The van der Waals surface area contributed by atoms with Gasteiger partial charge in [-0.2, -0.15) is 0 Å². The first-order valence-corrected chi connectivity index (χ1v) is 15.9. The summed E-state index contributed by atoms with van der Waals surface area (Å²) in [5, 5.41) is 6.37. The van der Waals surface area contributed by atoms with Gasteiger partial charge in [0.2, 0.25) is 0 Å². The maximum atomic E-state index is 13.4. The van der Waals surface area contributed by atoms with Gasteiger partial charge >= 0.3 is 6.03 Å². The Balaban J connectivity index is 1.24. The Morgan fingerprint density at radius 2 is 1.80 bits per heavy atom. The van der Waals surface area contributed by atoms with Crippen molar-refractivity contribution in [2.24, 2.45) is 0 Å². The summed E-state index contributed by atoms with van der Waals surface area (Å²) in [5.41, 5.74) is 1.52. The van der Waals surface area contributed by atoms with E-state index in [9.17, 15) is 18.0 Å². The van der Waals surface area contributed by atoms with Crippen LogP contribution in [-0.4, -0.2) is 60.1 Å². The molecule has 216 valence electrons. The van der Waals surface area contributed by atoms with Crippen LogP contribution in [-0.2, 0) is 10.0 Å². The van der Waals surface area contributed by atoms with Gasteiger partial charge in [0.05, 0.1) is 22.8 Å². The molecule has 2 amide bonds. The highest BCUT2D eigenvalue weighted by atomic mass is 32.2. The zero-order valence-electron chi connectivity index (χ0n) is 23.0. The fraction of sp³-hybridized carbons (Fsp3) is 0.357. The molecule has 0 unspecified atom stereocenters. The van der Waals surface area contributed by atoms with E-state index in [0.717, 1.165) is 41.4 Å². The molecule has 4 heterocycles. The molecule has 0 spiro atoms. The molecule has 0 radical (unpaired) electrons. The fourth-order valence-electron chi connectivity index (χ4n) is 4.87. The first-order valence-electron chi connectivity index (χ1n) is 13.6. The zero-order chi connectivity index (χ0) is 29.0. The highest BCUT2D eigenvalue weighted by Gasteiger charge is 2.20. The van der Waals surface area contributed by atoms with Crippen LogP contribution in [0.2, 0.25) is 0 Å². The summed E-state index contributed by atoms with van der Waals surface area (Å²) in [4.78, 5) is 38.0. The first kappa shape index (κ1) is 28.7. The van der Waals surface area contributed by atoms with Gasteiger partial charge in [0.1, 0.15) is 15.9 Å². The van der Waals surface area contributed by atoms with Crippen LogP contribution in [0.5, 0.6) is 0 Å². The van der Waals surface area contributed by atoms with Gasteiger partial charge in [0.25, 0.3) is 15.6 Å². The van der Waals surface area contributed by atoms with Crippen molar-refractivity contribution in [3.63, 3.8) is 0 Å². The van der Waals surface area contributed by atoms with Crippen LogP contribution in [0, 0.1) is 13.8 Å². The van der Waals surface area contributed by atoms with Crippen LogP contribution in [0.3, 0.4) is 0 Å². The van der Waals surface area contributed by atoms with E-state index in [1.54, 1.807) is 32.0 Å². The molecule has 1 aromatic carbocycles. The van der Waals surface area contributed by atoms with Gasteiger partial charge in [-0.3, -0.25) is 4.79 Å². The molecule has 0 bridgehead atoms. The van der Waals surface area contributed by atoms with Crippen molar-refractivity contribution >= 4 is 49.7 Å². The predicted octanol–water partition coefficient (Wildman–Crippen LogP) is 4.26. The minimum atomic E-state index is -3.98. The predicted molar refractivity (Wildman–Crippen MR) is 162 cm³/mol. The van der Waals surface area contributed by atoms with Gasteiger partial charge in [-0.1, -0.05) is 6.42 Å². The summed E-state index contributed by atoms with van der Waals surface area (Å²) in [6.07, 6.45) is 6.31. The van der Waals surface area contributed by atoms with Gasteiger partial charge in [-0.25, -0.2) is 32.5 Å². The molecule has 13 heteroatoms. The number of pyridine rings is 1. The molecule has 41 heavy (non-hydrogen) atoms. The molecule has 1 saturated heterocycles. The van der Waals surface area contributed by atoms with Crippen LogP contribution in [0.15, 0.2) is 57.7 Å². The number of sulfonamides is 1. The lowest BCUT2D eigenvalue weighted by Crippen LogP contribution is -2.34. The lowest BCUT2D eigenvalue weighted by atomic mass is 10.1. The van der Waals surface area contributed by atoms with E-state index in [4.69, 9.17) is 0 Å². The van der Waals surface area contributed by atoms with Crippen molar-refractivity contribution in [2.75, 3.05) is 36.8 Å². The molecule has 4 aromatic rings. The van der Waals surface area contributed by atoms with Crippen molar-refractivity contribution in [1.82, 2.24) is 24.2 Å². The number of aryl methyl sites for hydroxylation is 2. The van der Waals surface area contributed by atoms with Gasteiger partial charge in [-0.15, -0.1) is 11.3 Å². The van der Waals surface area contributed by atoms with E-state index in [1.807, 2.05) is 16.9 Å². The van der Waals surface area contributed by atoms with Crippen LogP contribution in [0.4, 0.5) is 16.2 Å². The molecular formula is C28H33N7O4S2. The highest BCUT2D eigenvalue weighted by Crippen LogP contribution is 2.21. The molecule has 0 atom stereocenters. The standard InChI is InChI=1S/C28H33N7O4S2/c1-19-7-12-26(40-19)41(38,39)33-28(37)32-22-9-11-25(30-18-22)35-20(2)31-24-17-21(8-10-23(24)27(35)36)29-13-6-16-34-14-4-3-5-15-34/h7-12,17-18,29H,3-6,13-16H2,1-2H3,(H2,32,33,37). The molecule has 1 aliphatic heterocycles. The normalized spacial score (nSPS) is 14.2. The van der Waals surface area contributed by atoms with Gasteiger partial charge in [-0.05, 0) is 95.2 Å². The Bertz CT molecular complexity index is 1710. The smallest absolute Gasteiger partial charge is 0.333 e. The number of urea groups is 1. The summed E-state index contributed by atoms with van der Waals surface area (Å²) >= 11 is 1.07. The van der Waals surface area contributed by atoms with E-state index < -0.39 is 16.1 Å². The lowest BCUT2D eigenvalue weighted by Gasteiger charge is -2.26. The monoisotopic (exact) mass is 595 g/mol. The number of thiophene rings is 1. The Labute approximate surface area is 242 Å². The molecule has 11 nitrogen and oxygen atoms in total. The number of likely N-dealkylation sites (tertiary alicyclic amines) is 1. The molecule has 0 saturated carbocycles. The second-order valence-corrected chi connectivity index (χ2v) is 13.2. The maximum Gasteiger partial charge on any atom is 0.333 e. The fourth-order valence-corrected chi connectivity index (χ4v) is 7.06. The second kappa shape index (κ2) is 12.4. The maximum absolute atomic E-state index is 13.4. The minimum absolute atomic E-state index is 0.0491. The number of carbonyl (C=O) groups is 1. The lowest BCUT2D eigenvalue weighted by molar-refractivity contribution is 0.228. The van der Waals surface area contributed by atoms with Crippen molar-refractivity contribution in [3.05, 3.63) is 69.7 Å². The number of anilines is 2. The second-order valence-electron chi connectivity index (χ2n) is 10.0. The summed E-state index contributed by atoms with van der Waals surface area (Å²) < 4.78 is 28.2. The molecule has 1 fully saturated rings. The quantitative estimate of drug-likeness (QED) is 0.244. The number of fused-ring (bicyclic) bond motifs is 1. The third-order valence-electron chi connectivity index (χ3n) is 6.91. The van der Waals surface area contributed by atoms with Crippen LogP contribution in [0.25, 0.3) is 16.7 Å². The number of carbonyl (C=O) groups excluding carboxylic acids is 1. The number of nitrogens with one attached hydrogen (secondary N) is 3. The van der Waals surface area contributed by atoms with Gasteiger partial charge in [0, 0.05) is 17.1 Å². The molecule has 3 aromatic heterocycles. The highest BCUT2D eigenvalue weighted by molar-refractivity contribution is 7.92. The average molecular weight is 596 g/mol. The summed E-state index contributed by atoms with van der Waals surface area (Å²) in [6.45, 7) is 7.83. The average Bonchev–Trinajstić information content (AvgIpc) is 3.39. The van der Waals surface area contributed by atoms with Crippen LogP contribution < -0.4 is 20.9 Å². The minimum Gasteiger partial charge on any atom is -0.385 e. The van der Waals surface area contributed by atoms with Crippen molar-refractivity contribution < 1.29 is 13.2 Å². The number of amides is 2.